The van der Waals surface area contributed by atoms with E-state index in [2.05, 4.69) is 20.7 Å². The molecule has 11 nitrogen and oxygen atoms in total. The van der Waals surface area contributed by atoms with Crippen molar-refractivity contribution in [2.75, 3.05) is 69.4 Å². The van der Waals surface area contributed by atoms with Crippen molar-refractivity contribution in [3.63, 3.8) is 0 Å². The zero-order valence-electron chi connectivity index (χ0n) is 20.6. The summed E-state index contributed by atoms with van der Waals surface area (Å²) in [7, 11) is -3.70. The first-order chi connectivity index (χ1) is 17.9. The van der Waals surface area contributed by atoms with Crippen LogP contribution in [-0.4, -0.2) is 88.4 Å². The Morgan fingerprint density at radius 2 is 1.84 bits per heavy atom. The van der Waals surface area contributed by atoms with Gasteiger partial charge in [0.05, 0.1) is 55.5 Å². The van der Waals surface area contributed by atoms with E-state index in [1.807, 2.05) is 6.92 Å². The minimum atomic E-state index is -3.70. The van der Waals surface area contributed by atoms with Crippen LogP contribution in [0.3, 0.4) is 0 Å². The van der Waals surface area contributed by atoms with Gasteiger partial charge in [0.15, 0.2) is 16.6 Å². The molecule has 4 rings (SSSR count). The van der Waals surface area contributed by atoms with Gasteiger partial charge in [-0.2, -0.15) is 9.41 Å². The Labute approximate surface area is 222 Å². The number of phenols is 1. The summed E-state index contributed by atoms with van der Waals surface area (Å²) in [6.07, 6.45) is 1.42. The molecule has 13 heteroatoms. The number of hydrogen-bond donors (Lipinski definition) is 3. The molecule has 2 aromatic carbocycles. The van der Waals surface area contributed by atoms with Crippen molar-refractivity contribution in [3.8, 4) is 11.5 Å². The van der Waals surface area contributed by atoms with Crippen LogP contribution in [0.15, 0.2) is 46.4 Å². The molecular weight excluding hydrogens is 518 g/mol. The summed E-state index contributed by atoms with van der Waals surface area (Å²) in [6, 6.07) is 10.1. The fourth-order valence-corrected chi connectivity index (χ4v) is 5.62. The van der Waals surface area contributed by atoms with Gasteiger partial charge in [0, 0.05) is 31.7 Å². The lowest BCUT2D eigenvalue weighted by Gasteiger charge is -2.31. The molecule has 0 bridgehead atoms. The molecule has 3 N–H and O–H groups in total. The fraction of sp³-hybridized carbons (Fsp3) is 0.417. The summed E-state index contributed by atoms with van der Waals surface area (Å²) in [5.74, 6) is 0.338. The van der Waals surface area contributed by atoms with Crippen LogP contribution in [0.2, 0.25) is 0 Å². The van der Waals surface area contributed by atoms with Gasteiger partial charge in [0.1, 0.15) is 0 Å². The van der Waals surface area contributed by atoms with Crippen molar-refractivity contribution in [1.29, 1.82) is 0 Å². The number of rotatable bonds is 8. The minimum absolute atomic E-state index is 0.0237. The molecule has 0 amide bonds. The molecule has 0 aromatic heterocycles. The number of phenolic OH excluding ortho intramolecular Hbond substituents is 1. The van der Waals surface area contributed by atoms with E-state index in [4.69, 9.17) is 26.4 Å². The molecular formula is C24H31N5O6S2. The van der Waals surface area contributed by atoms with E-state index >= 15 is 0 Å². The molecule has 2 aliphatic rings. The molecule has 2 fully saturated rings. The van der Waals surface area contributed by atoms with Crippen molar-refractivity contribution in [2.45, 2.75) is 11.8 Å². The van der Waals surface area contributed by atoms with Gasteiger partial charge in [0.25, 0.3) is 0 Å². The minimum Gasteiger partial charge on any atom is -0.504 e. The highest BCUT2D eigenvalue weighted by molar-refractivity contribution is 7.89. The average molecular weight is 550 g/mol. The Balaban J connectivity index is 1.53. The number of hydrazone groups is 1. The summed E-state index contributed by atoms with van der Waals surface area (Å²) < 4.78 is 44.1. The number of hydrogen-bond acceptors (Lipinski definition) is 9. The number of anilines is 2. The molecule has 2 heterocycles. The second-order valence-corrected chi connectivity index (χ2v) is 10.6. The highest BCUT2D eigenvalue weighted by Gasteiger charge is 2.28. The van der Waals surface area contributed by atoms with Crippen LogP contribution in [0.1, 0.15) is 12.5 Å². The maximum absolute atomic E-state index is 13.3. The third-order valence-corrected chi connectivity index (χ3v) is 7.96. The van der Waals surface area contributed by atoms with E-state index < -0.39 is 10.0 Å². The van der Waals surface area contributed by atoms with Crippen molar-refractivity contribution in [2.24, 2.45) is 5.10 Å². The van der Waals surface area contributed by atoms with Gasteiger partial charge in [-0.05, 0) is 49.5 Å². The zero-order valence-corrected chi connectivity index (χ0v) is 22.2. The average Bonchev–Trinajstić information content (AvgIpc) is 2.92. The van der Waals surface area contributed by atoms with Gasteiger partial charge >= 0.3 is 0 Å². The van der Waals surface area contributed by atoms with Gasteiger partial charge < -0.3 is 29.5 Å². The summed E-state index contributed by atoms with van der Waals surface area (Å²) in [5.41, 5.74) is 4.52. The van der Waals surface area contributed by atoms with Crippen LogP contribution in [0, 0.1) is 0 Å². The highest BCUT2D eigenvalue weighted by atomic mass is 32.2. The van der Waals surface area contributed by atoms with E-state index in [1.54, 1.807) is 36.4 Å². The Kier molecular flexibility index (Phi) is 9.16. The van der Waals surface area contributed by atoms with Crippen LogP contribution >= 0.6 is 12.2 Å². The van der Waals surface area contributed by atoms with Crippen LogP contribution in [0.4, 0.5) is 11.4 Å². The Hall–Kier alpha value is -2.97. The molecule has 2 aromatic rings. The van der Waals surface area contributed by atoms with Crippen molar-refractivity contribution >= 4 is 44.9 Å². The van der Waals surface area contributed by atoms with Gasteiger partial charge in [-0.25, -0.2) is 8.42 Å². The topological polar surface area (TPSA) is 125 Å². The standard InChI is InChI=1S/C24H31N5O6S2/c1-2-35-22-5-3-4-18(23(22)30)17-25-27-24(36)26-20-16-19(37(31,32)29-10-14-34-15-11-29)6-7-21(20)28-8-12-33-13-9-28/h3-7,16-17,30H,2,8-15H2,1H3,(H2,26,27,36)/b25-17-. The van der Waals surface area contributed by atoms with Crippen molar-refractivity contribution in [3.05, 3.63) is 42.0 Å². The number of nitrogens with zero attached hydrogens (tertiary/aromatic N) is 3. The van der Waals surface area contributed by atoms with Gasteiger partial charge in [0.2, 0.25) is 10.0 Å². The van der Waals surface area contributed by atoms with Gasteiger partial charge in [-0.3, -0.25) is 5.43 Å². The zero-order chi connectivity index (χ0) is 26.3. The molecule has 2 aliphatic heterocycles. The summed E-state index contributed by atoms with van der Waals surface area (Å²) in [5, 5.41) is 17.7. The smallest absolute Gasteiger partial charge is 0.243 e. The highest BCUT2D eigenvalue weighted by Crippen LogP contribution is 2.31. The molecule has 37 heavy (non-hydrogen) atoms. The summed E-state index contributed by atoms with van der Waals surface area (Å²) in [4.78, 5) is 2.28. The lowest BCUT2D eigenvalue weighted by molar-refractivity contribution is 0.0730. The number of ether oxygens (including phenoxy) is 3. The van der Waals surface area contributed by atoms with Crippen LogP contribution in [-0.2, 0) is 19.5 Å². The first-order valence-electron chi connectivity index (χ1n) is 12.0. The summed E-state index contributed by atoms with van der Waals surface area (Å²) >= 11 is 5.43. The normalized spacial score (nSPS) is 17.1. The number of morpholine rings is 2. The molecule has 0 radical (unpaired) electrons. The van der Waals surface area contributed by atoms with Crippen LogP contribution < -0.4 is 20.4 Å². The molecule has 2 saturated heterocycles. The van der Waals surface area contributed by atoms with Gasteiger partial charge in [-0.15, -0.1) is 0 Å². The lowest BCUT2D eigenvalue weighted by atomic mass is 10.2. The SMILES string of the molecule is CCOc1cccc(/C=N\NC(=S)Nc2cc(S(=O)(=O)N3CCOCC3)ccc2N2CCOCC2)c1O. The molecule has 0 spiro atoms. The predicted octanol–water partition coefficient (Wildman–Crippen LogP) is 1.97. The Morgan fingerprint density at radius 1 is 1.14 bits per heavy atom. The largest absolute Gasteiger partial charge is 0.504 e. The first kappa shape index (κ1) is 27.1. The summed E-state index contributed by atoms with van der Waals surface area (Å²) in [6.45, 7) is 6.08. The van der Waals surface area contributed by atoms with Crippen molar-refractivity contribution < 1.29 is 27.7 Å². The van der Waals surface area contributed by atoms with Gasteiger partial charge in [-0.1, -0.05) is 6.07 Å². The van der Waals surface area contributed by atoms with E-state index in [9.17, 15) is 13.5 Å². The monoisotopic (exact) mass is 549 g/mol. The second-order valence-electron chi connectivity index (χ2n) is 8.25. The molecule has 200 valence electrons. The molecule has 0 unspecified atom stereocenters. The number of nitrogens with one attached hydrogen (secondary N) is 2. The number of aromatic hydroxyl groups is 1. The molecule has 0 aliphatic carbocycles. The number of sulfonamides is 1. The quantitative estimate of drug-likeness (QED) is 0.256. The van der Waals surface area contributed by atoms with Crippen LogP contribution in [0.5, 0.6) is 11.5 Å². The van der Waals surface area contributed by atoms with E-state index in [0.717, 1.165) is 5.69 Å². The lowest BCUT2D eigenvalue weighted by Crippen LogP contribution is -2.40. The van der Waals surface area contributed by atoms with E-state index in [0.29, 0.717) is 76.2 Å². The second kappa shape index (κ2) is 12.5. The molecule has 0 saturated carbocycles. The predicted molar refractivity (Wildman–Crippen MR) is 145 cm³/mol. The maximum Gasteiger partial charge on any atom is 0.243 e. The molecule has 0 atom stereocenters. The number of thiocarbonyl (C=S) groups is 1. The van der Waals surface area contributed by atoms with E-state index in [1.165, 1.54) is 10.5 Å². The number of para-hydroxylation sites is 1. The maximum atomic E-state index is 13.3. The number of benzene rings is 2. The Morgan fingerprint density at radius 3 is 2.54 bits per heavy atom. The third kappa shape index (κ3) is 6.67. The third-order valence-electron chi connectivity index (χ3n) is 5.88. The first-order valence-corrected chi connectivity index (χ1v) is 13.8. The van der Waals surface area contributed by atoms with E-state index in [-0.39, 0.29) is 15.8 Å². The van der Waals surface area contributed by atoms with Crippen molar-refractivity contribution in [1.82, 2.24) is 9.73 Å². The fourth-order valence-electron chi connectivity index (χ4n) is 4.02. The van der Waals surface area contributed by atoms with Crippen LogP contribution in [0.25, 0.3) is 0 Å². The Bertz CT molecular complexity index is 1230.